The number of carbonyl (C=O) groups is 3. The van der Waals surface area contributed by atoms with Crippen LogP contribution in [0.4, 0.5) is 8.78 Å². The molecule has 1 saturated heterocycles. The fourth-order valence-electron chi connectivity index (χ4n) is 6.88. The van der Waals surface area contributed by atoms with E-state index in [2.05, 4.69) is 36.1 Å². The number of rotatable bonds is 13. The summed E-state index contributed by atoms with van der Waals surface area (Å²) < 4.78 is 30.4. The zero-order chi connectivity index (χ0) is 41.2. The van der Waals surface area contributed by atoms with Crippen molar-refractivity contribution in [3.05, 3.63) is 141 Å². The molecule has 11 nitrogen and oxygen atoms in total. The Hall–Kier alpha value is -5.47. The fraction of sp³-hybridized carbons (Fsp3) is 0.302. The van der Waals surface area contributed by atoms with Crippen molar-refractivity contribution in [2.75, 3.05) is 19.6 Å². The topological polar surface area (TPSA) is 161 Å². The summed E-state index contributed by atoms with van der Waals surface area (Å²) in [7, 11) is 0. The van der Waals surface area contributed by atoms with Crippen molar-refractivity contribution in [3.8, 4) is 11.1 Å². The molecular weight excluding hydrogens is 760 g/mol. The fourth-order valence-corrected chi connectivity index (χ4v) is 7.01. The number of aryl methyl sites for hydroxylation is 2. The molecule has 0 aliphatic carbocycles. The van der Waals surface area contributed by atoms with Crippen LogP contribution >= 0.6 is 11.6 Å². The van der Waals surface area contributed by atoms with E-state index in [9.17, 15) is 28.0 Å². The predicted molar refractivity (Wildman–Crippen MR) is 212 cm³/mol. The average Bonchev–Trinajstić information content (AvgIpc) is 3.21. The van der Waals surface area contributed by atoms with E-state index in [1.54, 1.807) is 18.2 Å². The monoisotopic (exact) mass is 803 g/mol. The Balaban J connectivity index is 0.000000548. The number of aliphatic carboxylic acids is 2. The van der Waals surface area contributed by atoms with Gasteiger partial charge in [0.25, 0.3) is 0 Å². The predicted octanol–water partition coefficient (Wildman–Crippen LogP) is 5.78. The molecule has 0 bridgehead atoms. The molecule has 14 heteroatoms. The molecule has 57 heavy (non-hydrogen) atoms. The number of hydrogen-bond donors (Lipinski definition) is 4. The van der Waals surface area contributed by atoms with Crippen LogP contribution in [0.3, 0.4) is 0 Å². The highest BCUT2D eigenvalue weighted by Crippen LogP contribution is 2.25. The maximum atomic E-state index is 14.5. The van der Waals surface area contributed by atoms with E-state index < -0.39 is 35.8 Å². The number of carboxylic acid groups (broad SMARTS) is 2. The molecule has 2 atom stereocenters. The number of aliphatic hydroxyl groups excluding tert-OH is 2. The van der Waals surface area contributed by atoms with E-state index in [4.69, 9.17) is 32.0 Å². The molecule has 2 heterocycles. The number of amides is 1. The molecule has 1 aliphatic heterocycles. The van der Waals surface area contributed by atoms with E-state index in [-0.39, 0.29) is 42.3 Å². The molecule has 4 N–H and O–H groups in total. The number of halogens is 3. The van der Waals surface area contributed by atoms with Gasteiger partial charge in [0, 0.05) is 47.8 Å². The van der Waals surface area contributed by atoms with Gasteiger partial charge in [-0.15, -0.1) is 0 Å². The number of pyridine rings is 1. The van der Waals surface area contributed by atoms with Crippen molar-refractivity contribution in [1.82, 2.24) is 14.4 Å². The SMILES string of the molecule is CCN1CCC(N(Cc2ccc(-c3ccc(Cl)cc3)cc2)C(=O)Cn2c(CCc3cccc(F)c3F)cc(=O)c3ccccc32)CC1.O=C(O)C(O)C(O)C(=O)O. The number of piperidine rings is 1. The Labute approximate surface area is 333 Å². The van der Waals surface area contributed by atoms with Gasteiger partial charge in [0.1, 0.15) is 6.54 Å². The minimum atomic E-state index is -2.27. The number of carboxylic acids is 2. The Morgan fingerprint density at radius 1 is 0.825 bits per heavy atom. The molecule has 0 radical (unpaired) electrons. The van der Waals surface area contributed by atoms with Gasteiger partial charge < -0.3 is 34.8 Å². The number of aromatic nitrogens is 1. The van der Waals surface area contributed by atoms with E-state index in [0.717, 1.165) is 55.2 Å². The summed E-state index contributed by atoms with van der Waals surface area (Å²) in [6.07, 6.45) is -2.32. The first kappa shape index (κ1) is 42.7. The van der Waals surface area contributed by atoms with Crippen LogP contribution in [0.1, 0.15) is 36.6 Å². The zero-order valence-electron chi connectivity index (χ0n) is 31.2. The summed E-state index contributed by atoms with van der Waals surface area (Å²) in [5, 5.41) is 33.7. The second-order valence-corrected chi connectivity index (χ2v) is 14.2. The summed E-state index contributed by atoms with van der Waals surface area (Å²) >= 11 is 6.08. The highest BCUT2D eigenvalue weighted by molar-refractivity contribution is 6.30. The van der Waals surface area contributed by atoms with Crippen LogP contribution in [0.5, 0.6) is 0 Å². The van der Waals surface area contributed by atoms with E-state index >= 15 is 0 Å². The highest BCUT2D eigenvalue weighted by atomic mass is 35.5. The molecular formula is C43H44ClF2N3O8. The van der Waals surface area contributed by atoms with Crippen LogP contribution in [0, 0.1) is 11.6 Å². The third-order valence-corrected chi connectivity index (χ3v) is 10.4. The van der Waals surface area contributed by atoms with Gasteiger partial charge in [0.2, 0.25) is 5.91 Å². The molecule has 1 fully saturated rings. The molecule has 1 aromatic heterocycles. The van der Waals surface area contributed by atoms with E-state index in [0.29, 0.717) is 28.2 Å². The highest BCUT2D eigenvalue weighted by Gasteiger charge is 2.30. The number of para-hydroxylation sites is 1. The summed E-state index contributed by atoms with van der Waals surface area (Å²) in [6, 6.07) is 29.0. The van der Waals surface area contributed by atoms with E-state index in [1.807, 2.05) is 45.9 Å². The van der Waals surface area contributed by atoms with Gasteiger partial charge >= 0.3 is 11.9 Å². The Morgan fingerprint density at radius 3 is 2.02 bits per heavy atom. The second kappa shape index (κ2) is 19.6. The molecule has 300 valence electrons. The number of benzene rings is 4. The smallest absolute Gasteiger partial charge is 0.335 e. The van der Waals surface area contributed by atoms with Crippen LogP contribution in [0.2, 0.25) is 5.02 Å². The van der Waals surface area contributed by atoms with Crippen molar-refractivity contribution in [3.63, 3.8) is 0 Å². The molecule has 4 aromatic carbocycles. The van der Waals surface area contributed by atoms with Crippen molar-refractivity contribution in [1.29, 1.82) is 0 Å². The summed E-state index contributed by atoms with van der Waals surface area (Å²) in [4.78, 5) is 51.5. The Kier molecular flexibility index (Phi) is 14.7. The number of hydrogen-bond acceptors (Lipinski definition) is 7. The molecule has 2 unspecified atom stereocenters. The maximum Gasteiger partial charge on any atom is 0.335 e. The van der Waals surface area contributed by atoms with Gasteiger partial charge in [-0.25, -0.2) is 18.4 Å². The largest absolute Gasteiger partial charge is 0.479 e. The summed E-state index contributed by atoms with van der Waals surface area (Å²) in [5.41, 5.74) is 4.49. The number of fused-ring (bicyclic) bond motifs is 1. The van der Waals surface area contributed by atoms with Crippen LogP contribution < -0.4 is 5.43 Å². The lowest BCUT2D eigenvalue weighted by atomic mass is 10.0. The Morgan fingerprint density at radius 2 is 1.42 bits per heavy atom. The van der Waals surface area contributed by atoms with Crippen LogP contribution in [0.25, 0.3) is 22.0 Å². The van der Waals surface area contributed by atoms with E-state index in [1.165, 1.54) is 12.1 Å². The molecule has 1 aliphatic rings. The molecule has 5 aromatic rings. The molecule has 0 spiro atoms. The third kappa shape index (κ3) is 10.9. The minimum absolute atomic E-state index is 0.0264. The molecule has 6 rings (SSSR count). The number of likely N-dealkylation sites (tertiary alicyclic amines) is 1. The normalized spacial score (nSPS) is 14.4. The number of nitrogens with zero attached hydrogens (tertiary/aromatic N) is 3. The number of aliphatic hydroxyl groups is 2. The molecule has 1 amide bonds. The van der Waals surface area contributed by atoms with Gasteiger partial charge in [-0.05, 0) is 84.8 Å². The van der Waals surface area contributed by atoms with Crippen molar-refractivity contribution < 1.29 is 43.6 Å². The lowest BCUT2D eigenvalue weighted by molar-refractivity contribution is -0.165. The summed E-state index contributed by atoms with van der Waals surface area (Å²) in [5.74, 6) is -5.37. The Bertz CT molecular complexity index is 2230. The van der Waals surface area contributed by atoms with Crippen LogP contribution in [-0.2, 0) is 40.3 Å². The van der Waals surface area contributed by atoms with Gasteiger partial charge in [0.15, 0.2) is 29.3 Å². The summed E-state index contributed by atoms with van der Waals surface area (Å²) in [6.45, 7) is 5.46. The average molecular weight is 804 g/mol. The third-order valence-electron chi connectivity index (χ3n) is 10.1. The second-order valence-electron chi connectivity index (χ2n) is 13.8. The van der Waals surface area contributed by atoms with Gasteiger partial charge in [-0.2, -0.15) is 0 Å². The zero-order valence-corrected chi connectivity index (χ0v) is 32.0. The van der Waals surface area contributed by atoms with Crippen molar-refractivity contribution in [2.45, 2.75) is 63.9 Å². The maximum absolute atomic E-state index is 14.5. The van der Waals surface area contributed by atoms with Gasteiger partial charge in [0.05, 0.1) is 5.52 Å². The first-order chi connectivity index (χ1) is 27.3. The standard InChI is InChI=1S/C39H38ClF2N3O2.C4H6O6/c1-2-43-22-20-32(21-23-43)45(25-27-10-12-28(13-11-27)29-14-17-31(40)18-15-29)38(47)26-44-33(19-16-30-6-5-8-35(41)39(30)42)24-37(46)34-7-3-4-9-36(34)44;5-1(3(7)8)2(6)4(9)10/h3-15,17-18,24,32H,2,16,19-23,25-26H2,1H3;1-2,5-6H,(H,7,8)(H,9,10). The van der Waals surface area contributed by atoms with Gasteiger partial charge in [-0.3, -0.25) is 9.59 Å². The van der Waals surface area contributed by atoms with Crippen molar-refractivity contribution >= 4 is 40.3 Å². The molecule has 0 saturated carbocycles. The van der Waals surface area contributed by atoms with Crippen LogP contribution in [-0.4, -0.2) is 90.5 Å². The first-order valence-corrected chi connectivity index (χ1v) is 18.9. The van der Waals surface area contributed by atoms with Crippen LogP contribution in [0.15, 0.2) is 102 Å². The number of carbonyl (C=O) groups excluding carboxylic acids is 1. The quantitative estimate of drug-likeness (QED) is 0.116. The lowest BCUT2D eigenvalue weighted by Gasteiger charge is -2.38. The lowest BCUT2D eigenvalue weighted by Crippen LogP contribution is -2.48. The van der Waals surface area contributed by atoms with Crippen molar-refractivity contribution in [2.24, 2.45) is 0 Å². The minimum Gasteiger partial charge on any atom is -0.479 e. The van der Waals surface area contributed by atoms with Gasteiger partial charge in [-0.1, -0.05) is 79.2 Å². The first-order valence-electron chi connectivity index (χ1n) is 18.5.